The lowest BCUT2D eigenvalue weighted by Crippen LogP contribution is -2.12. The summed E-state index contributed by atoms with van der Waals surface area (Å²) in [6, 6.07) is 27.9. The molecule has 0 aliphatic carbocycles. The highest BCUT2D eigenvalue weighted by atomic mass is 32.2. The lowest BCUT2D eigenvalue weighted by atomic mass is 10.2. The Morgan fingerprint density at radius 3 is 2.03 bits per heavy atom. The van der Waals surface area contributed by atoms with Crippen molar-refractivity contribution >= 4 is 27.6 Å². The van der Waals surface area contributed by atoms with E-state index in [1.54, 1.807) is 18.2 Å². The molecule has 0 atom stereocenters. The van der Waals surface area contributed by atoms with Gasteiger partial charge in [0.1, 0.15) is 18.9 Å². The van der Waals surface area contributed by atoms with Gasteiger partial charge in [-0.3, -0.25) is 15.5 Å². The number of nitro groups is 1. The SMILES string of the molecule is NS(=O)(=O)c1ccc(NN=Cc2ccc(OCc3ccccc3)c(OCc3ccccc3)c2)c([N+](=O)[O-])c1. The van der Waals surface area contributed by atoms with E-state index in [9.17, 15) is 18.5 Å². The van der Waals surface area contributed by atoms with E-state index in [1.807, 2.05) is 60.7 Å². The summed E-state index contributed by atoms with van der Waals surface area (Å²) in [5.74, 6) is 1.04. The average Bonchev–Trinajstić information content (AvgIpc) is 2.92. The van der Waals surface area contributed by atoms with E-state index in [2.05, 4.69) is 10.5 Å². The molecule has 11 heteroatoms. The molecule has 0 spiro atoms. The van der Waals surface area contributed by atoms with Crippen LogP contribution in [0.15, 0.2) is 107 Å². The number of hydrogen-bond donors (Lipinski definition) is 2. The first-order valence-corrected chi connectivity index (χ1v) is 12.9. The highest BCUT2D eigenvalue weighted by Gasteiger charge is 2.19. The Labute approximate surface area is 219 Å². The Kier molecular flexibility index (Phi) is 8.31. The maximum Gasteiger partial charge on any atom is 0.295 e. The third-order valence-corrected chi connectivity index (χ3v) is 6.25. The molecule has 194 valence electrons. The lowest BCUT2D eigenvalue weighted by molar-refractivity contribution is -0.384. The van der Waals surface area contributed by atoms with Crippen LogP contribution in [-0.4, -0.2) is 19.6 Å². The molecule has 0 bridgehead atoms. The van der Waals surface area contributed by atoms with Gasteiger partial charge in [0.15, 0.2) is 11.5 Å². The van der Waals surface area contributed by atoms with Crippen LogP contribution in [0.4, 0.5) is 11.4 Å². The minimum Gasteiger partial charge on any atom is -0.485 e. The van der Waals surface area contributed by atoms with Gasteiger partial charge in [-0.1, -0.05) is 60.7 Å². The van der Waals surface area contributed by atoms with Crippen LogP contribution in [0.1, 0.15) is 16.7 Å². The van der Waals surface area contributed by atoms with Gasteiger partial charge in [0.2, 0.25) is 10.0 Å². The average molecular weight is 533 g/mol. The highest BCUT2D eigenvalue weighted by Crippen LogP contribution is 2.30. The second-order valence-corrected chi connectivity index (χ2v) is 9.67. The molecule has 0 fully saturated rings. The van der Waals surface area contributed by atoms with Crippen LogP contribution in [0.5, 0.6) is 11.5 Å². The molecular weight excluding hydrogens is 508 g/mol. The number of benzene rings is 4. The van der Waals surface area contributed by atoms with Crippen molar-refractivity contribution in [2.45, 2.75) is 18.1 Å². The third-order valence-electron chi connectivity index (χ3n) is 5.34. The third kappa shape index (κ3) is 7.15. The fourth-order valence-electron chi connectivity index (χ4n) is 3.42. The largest absolute Gasteiger partial charge is 0.485 e. The van der Waals surface area contributed by atoms with Crippen LogP contribution in [-0.2, 0) is 23.2 Å². The molecular formula is C27H24N4O6S. The van der Waals surface area contributed by atoms with Crippen molar-refractivity contribution < 1.29 is 22.8 Å². The van der Waals surface area contributed by atoms with Gasteiger partial charge in [-0.15, -0.1) is 0 Å². The van der Waals surface area contributed by atoms with E-state index in [-0.39, 0.29) is 10.6 Å². The standard InChI is InChI=1S/C27H24N4O6S/c28-38(34,35)23-12-13-24(25(16-23)31(32)33)30-29-17-22-11-14-26(36-18-20-7-3-1-4-8-20)27(15-22)37-19-21-9-5-2-6-10-21/h1-17,30H,18-19H2,(H2,28,34,35). The maximum absolute atomic E-state index is 11.5. The van der Waals surface area contributed by atoms with Crippen LogP contribution in [0.3, 0.4) is 0 Å². The quantitative estimate of drug-likeness (QED) is 0.160. The van der Waals surface area contributed by atoms with Gasteiger partial charge < -0.3 is 9.47 Å². The summed E-state index contributed by atoms with van der Waals surface area (Å²) in [5, 5.41) is 20.6. The molecule has 0 amide bonds. The number of nitrogens with zero attached hydrogens (tertiary/aromatic N) is 2. The van der Waals surface area contributed by atoms with Crippen LogP contribution in [0.25, 0.3) is 0 Å². The number of rotatable bonds is 11. The van der Waals surface area contributed by atoms with Crippen molar-refractivity contribution in [3.8, 4) is 11.5 Å². The summed E-state index contributed by atoms with van der Waals surface area (Å²) in [7, 11) is -4.09. The summed E-state index contributed by atoms with van der Waals surface area (Å²) in [6.45, 7) is 0.680. The van der Waals surface area contributed by atoms with Crippen LogP contribution in [0.2, 0.25) is 0 Å². The minimum atomic E-state index is -4.09. The Balaban J connectivity index is 1.53. The number of sulfonamides is 1. The van der Waals surface area contributed by atoms with Crippen molar-refractivity contribution in [1.29, 1.82) is 0 Å². The van der Waals surface area contributed by atoms with Crippen LogP contribution < -0.4 is 20.0 Å². The van der Waals surface area contributed by atoms with E-state index < -0.39 is 20.6 Å². The van der Waals surface area contributed by atoms with Crippen molar-refractivity contribution in [3.63, 3.8) is 0 Å². The van der Waals surface area contributed by atoms with E-state index in [1.165, 1.54) is 12.3 Å². The molecule has 4 aromatic rings. The molecule has 0 aromatic heterocycles. The summed E-state index contributed by atoms with van der Waals surface area (Å²) in [5.41, 5.74) is 4.73. The van der Waals surface area contributed by atoms with Gasteiger partial charge in [-0.2, -0.15) is 5.10 Å². The summed E-state index contributed by atoms with van der Waals surface area (Å²) < 4.78 is 35.1. The van der Waals surface area contributed by atoms with Gasteiger partial charge in [0.25, 0.3) is 5.69 Å². The molecule has 0 radical (unpaired) electrons. The summed E-state index contributed by atoms with van der Waals surface area (Å²) in [4.78, 5) is 10.3. The fourth-order valence-corrected chi connectivity index (χ4v) is 3.95. The van der Waals surface area contributed by atoms with Gasteiger partial charge in [-0.05, 0) is 47.0 Å². The number of nitrogens with two attached hydrogens (primary N) is 1. The van der Waals surface area contributed by atoms with Gasteiger partial charge in [0, 0.05) is 6.07 Å². The molecule has 3 N–H and O–H groups in total. The number of ether oxygens (including phenoxy) is 2. The highest BCUT2D eigenvalue weighted by molar-refractivity contribution is 7.89. The molecule has 0 unspecified atom stereocenters. The van der Waals surface area contributed by atoms with Crippen LogP contribution >= 0.6 is 0 Å². The smallest absolute Gasteiger partial charge is 0.295 e. The van der Waals surface area contributed by atoms with Gasteiger partial charge >= 0.3 is 0 Å². The Bertz CT molecular complexity index is 1540. The molecule has 4 aromatic carbocycles. The monoisotopic (exact) mass is 532 g/mol. The molecule has 0 aliphatic rings. The van der Waals surface area contributed by atoms with Crippen molar-refractivity contribution in [2.24, 2.45) is 10.2 Å². The predicted octanol–water partition coefficient (Wildman–Crippen LogP) is 4.85. The zero-order valence-corrected chi connectivity index (χ0v) is 20.9. The van der Waals surface area contributed by atoms with Crippen molar-refractivity contribution in [3.05, 3.63) is 124 Å². The first-order valence-electron chi connectivity index (χ1n) is 11.4. The molecule has 0 aliphatic heterocycles. The molecule has 10 nitrogen and oxygen atoms in total. The number of nitro benzene ring substituents is 1. The summed E-state index contributed by atoms with van der Waals surface area (Å²) >= 11 is 0. The Hall–Kier alpha value is -4.74. The second-order valence-electron chi connectivity index (χ2n) is 8.11. The normalized spacial score (nSPS) is 11.3. The van der Waals surface area contributed by atoms with E-state index in [4.69, 9.17) is 14.6 Å². The molecule has 0 saturated heterocycles. The Morgan fingerprint density at radius 2 is 1.45 bits per heavy atom. The second kappa shape index (κ2) is 12.0. The predicted molar refractivity (Wildman–Crippen MR) is 144 cm³/mol. The first kappa shape index (κ1) is 26.3. The summed E-state index contributed by atoms with van der Waals surface area (Å²) in [6.07, 6.45) is 1.45. The van der Waals surface area contributed by atoms with Crippen LogP contribution in [0, 0.1) is 10.1 Å². The molecule has 38 heavy (non-hydrogen) atoms. The Morgan fingerprint density at radius 1 is 0.842 bits per heavy atom. The number of anilines is 1. The van der Waals surface area contributed by atoms with Gasteiger partial charge in [0.05, 0.1) is 16.0 Å². The number of hydrazone groups is 1. The molecule has 0 saturated carbocycles. The number of primary sulfonamides is 1. The number of nitrogens with one attached hydrogen (secondary N) is 1. The lowest BCUT2D eigenvalue weighted by Gasteiger charge is -2.14. The van der Waals surface area contributed by atoms with Gasteiger partial charge in [-0.25, -0.2) is 13.6 Å². The molecule has 0 heterocycles. The zero-order chi connectivity index (χ0) is 27.0. The first-order chi connectivity index (χ1) is 18.3. The minimum absolute atomic E-state index is 0.00187. The number of hydrogen-bond acceptors (Lipinski definition) is 8. The molecule has 4 rings (SSSR count). The zero-order valence-electron chi connectivity index (χ0n) is 20.1. The van der Waals surface area contributed by atoms with E-state index in [0.717, 1.165) is 23.3 Å². The topological polar surface area (TPSA) is 146 Å². The van der Waals surface area contributed by atoms with Crippen molar-refractivity contribution in [1.82, 2.24) is 0 Å². The van der Waals surface area contributed by atoms with Crippen molar-refractivity contribution in [2.75, 3.05) is 5.43 Å². The fraction of sp³-hybridized carbons (Fsp3) is 0.0741. The van der Waals surface area contributed by atoms with E-state index in [0.29, 0.717) is 30.3 Å². The van der Waals surface area contributed by atoms with E-state index >= 15 is 0 Å². The maximum atomic E-state index is 11.5.